The number of carbonyl (C=O) groups excluding carboxylic acids is 1. The van der Waals surface area contributed by atoms with Crippen molar-refractivity contribution in [1.82, 2.24) is 20.0 Å². The fourth-order valence-corrected chi connectivity index (χ4v) is 4.11. The van der Waals surface area contributed by atoms with Crippen LogP contribution in [0.4, 0.5) is 11.4 Å². The van der Waals surface area contributed by atoms with Gasteiger partial charge in [0.05, 0.1) is 43.0 Å². The molecule has 2 N–H and O–H groups in total. The lowest BCUT2D eigenvalue weighted by Crippen LogP contribution is -2.37. The number of nitrogens with zero attached hydrogens (tertiary/aromatic N) is 5. The molecule has 0 aliphatic carbocycles. The highest BCUT2D eigenvalue weighted by Gasteiger charge is 2.35. The summed E-state index contributed by atoms with van der Waals surface area (Å²) in [5, 5.41) is 20.9. The van der Waals surface area contributed by atoms with Crippen LogP contribution in [-0.2, 0) is 18.2 Å². The highest BCUT2D eigenvalue weighted by molar-refractivity contribution is 6.12. The van der Waals surface area contributed by atoms with E-state index in [0.29, 0.717) is 55.0 Å². The maximum Gasteiger partial charge on any atom is 0.259 e. The Hall–Kier alpha value is -3.24. The van der Waals surface area contributed by atoms with Crippen molar-refractivity contribution < 1.29 is 19.4 Å². The van der Waals surface area contributed by atoms with Gasteiger partial charge in [0.1, 0.15) is 22.4 Å². The summed E-state index contributed by atoms with van der Waals surface area (Å²) < 4.78 is 13.1. The third-order valence-electron chi connectivity index (χ3n) is 5.80. The average molecular weight is 424 g/mol. The second-order valence-electron chi connectivity index (χ2n) is 8.19. The summed E-state index contributed by atoms with van der Waals surface area (Å²) in [6.45, 7) is 4.43. The average Bonchev–Trinajstić information content (AvgIpc) is 3.33. The number of nitrogens with one attached hydrogen (secondary N) is 1. The molecule has 1 fully saturated rings. The Labute approximate surface area is 178 Å². The fourth-order valence-electron chi connectivity index (χ4n) is 4.11. The van der Waals surface area contributed by atoms with Crippen LogP contribution < -0.4 is 15.0 Å². The first-order valence-electron chi connectivity index (χ1n) is 10.2. The van der Waals surface area contributed by atoms with E-state index in [2.05, 4.69) is 25.5 Å². The number of hydrogen-bond donors (Lipinski definition) is 2. The van der Waals surface area contributed by atoms with Gasteiger partial charge in [-0.25, -0.2) is 4.68 Å². The van der Waals surface area contributed by atoms with Gasteiger partial charge in [0.15, 0.2) is 0 Å². The Morgan fingerprint density at radius 2 is 2.10 bits per heavy atom. The van der Waals surface area contributed by atoms with Crippen molar-refractivity contribution >= 4 is 28.3 Å². The molecule has 1 atom stereocenters. The Morgan fingerprint density at radius 1 is 1.29 bits per heavy atom. The molecule has 5 rings (SSSR count). The van der Waals surface area contributed by atoms with Gasteiger partial charge in [-0.05, 0) is 13.0 Å². The van der Waals surface area contributed by atoms with Crippen molar-refractivity contribution in [2.24, 2.45) is 7.05 Å². The molecule has 0 radical (unpaired) electrons. The molecule has 1 saturated heterocycles. The van der Waals surface area contributed by atoms with Crippen LogP contribution in [0.3, 0.4) is 0 Å². The largest absolute Gasteiger partial charge is 0.484 e. The predicted molar refractivity (Wildman–Crippen MR) is 114 cm³/mol. The van der Waals surface area contributed by atoms with E-state index in [4.69, 9.17) is 9.47 Å². The summed E-state index contributed by atoms with van der Waals surface area (Å²) in [6, 6.07) is 3.88. The normalized spacial score (nSPS) is 20.5. The maximum absolute atomic E-state index is 13.2. The van der Waals surface area contributed by atoms with Gasteiger partial charge >= 0.3 is 0 Å². The number of hydrogen-bond acceptors (Lipinski definition) is 8. The van der Waals surface area contributed by atoms with Crippen LogP contribution in [0, 0.1) is 0 Å². The minimum absolute atomic E-state index is 0.0867. The Bertz CT molecular complexity index is 1160. The molecule has 2 aliphatic heterocycles. The SMILES string of the molecule is Cn1nnc2c(C(=O)Nc3cc4c(cc3N3CCOCC3)O[C@](C)(CO)C4)cncc21. The van der Waals surface area contributed by atoms with Crippen LogP contribution in [0.1, 0.15) is 22.8 Å². The third-order valence-corrected chi connectivity index (χ3v) is 5.80. The minimum Gasteiger partial charge on any atom is -0.484 e. The van der Waals surface area contributed by atoms with E-state index in [9.17, 15) is 9.90 Å². The predicted octanol–water partition coefficient (Wildman–Crippen LogP) is 1.14. The number of anilines is 2. The number of pyridine rings is 1. The van der Waals surface area contributed by atoms with Gasteiger partial charge in [0, 0.05) is 44.4 Å². The topological polar surface area (TPSA) is 115 Å². The zero-order valence-corrected chi connectivity index (χ0v) is 17.5. The molecule has 0 spiro atoms. The van der Waals surface area contributed by atoms with Crippen LogP contribution in [0.15, 0.2) is 24.5 Å². The van der Waals surface area contributed by atoms with E-state index in [-0.39, 0.29) is 12.5 Å². The van der Waals surface area contributed by atoms with E-state index < -0.39 is 5.60 Å². The number of carbonyl (C=O) groups is 1. The summed E-state index contributed by atoms with van der Waals surface area (Å²) in [5.74, 6) is 0.422. The first-order chi connectivity index (χ1) is 15.0. The molecule has 10 nitrogen and oxygen atoms in total. The van der Waals surface area contributed by atoms with Crippen molar-refractivity contribution in [3.63, 3.8) is 0 Å². The lowest BCUT2D eigenvalue weighted by Gasteiger charge is -2.31. The molecule has 1 aromatic carbocycles. The number of amides is 1. The second kappa shape index (κ2) is 7.47. The van der Waals surface area contributed by atoms with Crippen molar-refractivity contribution in [1.29, 1.82) is 0 Å². The van der Waals surface area contributed by atoms with Crippen molar-refractivity contribution in [2.45, 2.75) is 18.9 Å². The van der Waals surface area contributed by atoms with Crippen molar-refractivity contribution in [2.75, 3.05) is 43.1 Å². The van der Waals surface area contributed by atoms with E-state index in [1.807, 2.05) is 19.1 Å². The van der Waals surface area contributed by atoms with Crippen LogP contribution in [0.25, 0.3) is 11.0 Å². The quantitative estimate of drug-likeness (QED) is 0.641. The minimum atomic E-state index is -0.664. The summed E-state index contributed by atoms with van der Waals surface area (Å²) in [6.07, 6.45) is 3.69. The molecule has 162 valence electrons. The van der Waals surface area contributed by atoms with E-state index in [0.717, 1.165) is 17.0 Å². The molecule has 4 heterocycles. The van der Waals surface area contributed by atoms with Gasteiger partial charge in [-0.15, -0.1) is 5.10 Å². The zero-order chi connectivity index (χ0) is 21.6. The molecule has 2 aliphatic rings. The zero-order valence-electron chi connectivity index (χ0n) is 17.5. The highest BCUT2D eigenvalue weighted by Crippen LogP contribution is 2.42. The van der Waals surface area contributed by atoms with E-state index >= 15 is 0 Å². The van der Waals surface area contributed by atoms with Gasteiger partial charge in [0.25, 0.3) is 5.91 Å². The number of aliphatic hydroxyl groups is 1. The number of benzene rings is 1. The van der Waals surface area contributed by atoms with E-state index in [1.165, 1.54) is 6.20 Å². The van der Waals surface area contributed by atoms with E-state index in [1.54, 1.807) is 17.9 Å². The Balaban J connectivity index is 1.53. The van der Waals surface area contributed by atoms with Crippen LogP contribution >= 0.6 is 0 Å². The summed E-state index contributed by atoms with van der Waals surface area (Å²) >= 11 is 0. The molecule has 31 heavy (non-hydrogen) atoms. The molecular formula is C21H24N6O4. The number of aryl methyl sites for hydroxylation is 1. The van der Waals surface area contributed by atoms with Crippen molar-refractivity contribution in [3.05, 3.63) is 35.7 Å². The van der Waals surface area contributed by atoms with Gasteiger partial charge in [-0.3, -0.25) is 9.78 Å². The summed E-state index contributed by atoms with van der Waals surface area (Å²) in [4.78, 5) is 19.6. The number of fused-ring (bicyclic) bond motifs is 2. The molecule has 2 aromatic heterocycles. The fraction of sp³-hybridized carbons (Fsp3) is 0.429. The smallest absolute Gasteiger partial charge is 0.259 e. The van der Waals surface area contributed by atoms with Gasteiger partial charge < -0.3 is 24.8 Å². The highest BCUT2D eigenvalue weighted by atomic mass is 16.5. The van der Waals surface area contributed by atoms with Gasteiger partial charge in [0.2, 0.25) is 0 Å². The molecule has 3 aromatic rings. The molecule has 10 heteroatoms. The molecule has 0 unspecified atom stereocenters. The van der Waals surface area contributed by atoms with Crippen LogP contribution in [-0.4, -0.2) is 69.5 Å². The Morgan fingerprint density at radius 3 is 2.87 bits per heavy atom. The standard InChI is InChI=1S/C21H24N6O4/c1-21(12-28)9-13-7-15(16(8-18(13)31-21)27-3-5-30-6-4-27)23-20(29)14-10-22-11-17-19(14)24-25-26(17)2/h7-8,10-11,28H,3-6,9,12H2,1-2H3,(H,23,29)/t21-/m0/s1. The summed E-state index contributed by atoms with van der Waals surface area (Å²) in [7, 11) is 1.76. The molecule has 0 saturated carbocycles. The lowest BCUT2D eigenvalue weighted by atomic mass is 9.99. The van der Waals surface area contributed by atoms with Crippen molar-refractivity contribution in [3.8, 4) is 5.75 Å². The first kappa shape index (κ1) is 19.7. The molecule has 0 bridgehead atoms. The summed E-state index contributed by atoms with van der Waals surface area (Å²) in [5.41, 5.74) is 3.36. The number of rotatable bonds is 4. The third kappa shape index (κ3) is 3.47. The van der Waals surface area contributed by atoms with Crippen LogP contribution in [0.2, 0.25) is 0 Å². The number of aliphatic hydroxyl groups excluding tert-OH is 1. The van der Waals surface area contributed by atoms with Crippen LogP contribution in [0.5, 0.6) is 5.75 Å². The number of morpholine rings is 1. The van der Waals surface area contributed by atoms with Gasteiger partial charge in [-0.2, -0.15) is 0 Å². The maximum atomic E-state index is 13.2. The molecular weight excluding hydrogens is 400 g/mol. The molecule has 1 amide bonds. The Kier molecular flexibility index (Phi) is 4.75. The number of ether oxygens (including phenoxy) is 2. The second-order valence-corrected chi connectivity index (χ2v) is 8.19. The first-order valence-corrected chi connectivity index (χ1v) is 10.2. The van der Waals surface area contributed by atoms with Gasteiger partial charge in [-0.1, -0.05) is 5.21 Å². The number of aromatic nitrogens is 4. The monoisotopic (exact) mass is 424 g/mol. The lowest BCUT2D eigenvalue weighted by molar-refractivity contribution is 0.0446.